The van der Waals surface area contributed by atoms with Crippen molar-refractivity contribution < 1.29 is 5.11 Å². The Hall–Kier alpha value is -1.46. The number of thiophene rings is 1. The summed E-state index contributed by atoms with van der Waals surface area (Å²) in [5.41, 5.74) is 0. The minimum absolute atomic E-state index is 0.0956. The fourth-order valence-corrected chi connectivity index (χ4v) is 1.83. The number of anilines is 1. The molecule has 0 saturated carbocycles. The summed E-state index contributed by atoms with van der Waals surface area (Å²) in [4.78, 5) is 9.56. The second kappa shape index (κ2) is 4.86. The van der Waals surface area contributed by atoms with E-state index in [-0.39, 0.29) is 6.61 Å². The Balaban J connectivity index is 2.19. The first-order valence-corrected chi connectivity index (χ1v) is 5.50. The lowest BCUT2D eigenvalue weighted by Gasteiger charge is -2.03. The highest BCUT2D eigenvalue weighted by molar-refractivity contribution is 7.13. The van der Waals surface area contributed by atoms with Gasteiger partial charge in [-0.3, -0.25) is 0 Å². The number of hydrogen-bond acceptors (Lipinski definition) is 5. The van der Waals surface area contributed by atoms with Gasteiger partial charge in [-0.25, -0.2) is 9.97 Å². The lowest BCUT2D eigenvalue weighted by Crippen LogP contribution is -2.07. The number of nitrogens with one attached hydrogen (secondary N) is 1. The van der Waals surface area contributed by atoms with E-state index in [1.807, 2.05) is 17.5 Å². The van der Waals surface area contributed by atoms with Gasteiger partial charge in [0.15, 0.2) is 5.82 Å². The van der Waals surface area contributed by atoms with Crippen molar-refractivity contribution in [3.8, 4) is 10.7 Å². The zero-order valence-electron chi connectivity index (χ0n) is 8.05. The topological polar surface area (TPSA) is 58.0 Å². The summed E-state index contributed by atoms with van der Waals surface area (Å²) >= 11 is 1.61. The average Bonchev–Trinajstić information content (AvgIpc) is 2.80. The van der Waals surface area contributed by atoms with Gasteiger partial charge in [-0.05, 0) is 17.5 Å². The van der Waals surface area contributed by atoms with Gasteiger partial charge in [0.2, 0.25) is 0 Å². The largest absolute Gasteiger partial charge is 0.395 e. The molecule has 0 spiro atoms. The number of aromatic nitrogens is 2. The summed E-state index contributed by atoms with van der Waals surface area (Å²) in [5, 5.41) is 13.7. The smallest absolute Gasteiger partial charge is 0.171 e. The van der Waals surface area contributed by atoms with Gasteiger partial charge in [0.1, 0.15) is 5.82 Å². The number of aliphatic hydroxyl groups is 1. The molecule has 0 radical (unpaired) electrons. The molecule has 0 unspecified atom stereocenters. The molecule has 5 heteroatoms. The predicted octanol–water partition coefficient (Wildman–Crippen LogP) is 1.61. The van der Waals surface area contributed by atoms with Crippen LogP contribution in [0.1, 0.15) is 0 Å². The maximum absolute atomic E-state index is 8.68. The number of aliphatic hydroxyl groups excluding tert-OH is 1. The van der Waals surface area contributed by atoms with Crippen molar-refractivity contribution in [2.24, 2.45) is 0 Å². The van der Waals surface area contributed by atoms with E-state index in [9.17, 15) is 0 Å². The van der Waals surface area contributed by atoms with E-state index in [0.717, 1.165) is 10.7 Å². The van der Waals surface area contributed by atoms with Crippen LogP contribution in [0.2, 0.25) is 0 Å². The van der Waals surface area contributed by atoms with Crippen molar-refractivity contribution in [3.63, 3.8) is 0 Å². The van der Waals surface area contributed by atoms with E-state index in [4.69, 9.17) is 5.11 Å². The van der Waals surface area contributed by atoms with Crippen LogP contribution in [-0.2, 0) is 0 Å². The third-order valence-corrected chi connectivity index (χ3v) is 2.68. The highest BCUT2D eigenvalue weighted by atomic mass is 32.1. The van der Waals surface area contributed by atoms with Gasteiger partial charge in [-0.2, -0.15) is 0 Å². The van der Waals surface area contributed by atoms with E-state index in [2.05, 4.69) is 15.3 Å². The standard InChI is InChI=1S/C10H11N3OS/c14-6-5-11-9-3-4-12-10(13-9)8-2-1-7-15-8/h1-4,7,14H,5-6H2,(H,11,12,13). The molecule has 4 nitrogen and oxygen atoms in total. The highest BCUT2D eigenvalue weighted by Gasteiger charge is 2.02. The molecule has 78 valence electrons. The van der Waals surface area contributed by atoms with Gasteiger partial charge >= 0.3 is 0 Å². The molecular formula is C10H11N3OS. The van der Waals surface area contributed by atoms with E-state index < -0.39 is 0 Å². The lowest BCUT2D eigenvalue weighted by molar-refractivity contribution is 0.311. The molecule has 0 fully saturated rings. The first kappa shape index (κ1) is 10.1. The molecule has 2 rings (SSSR count). The number of rotatable bonds is 4. The van der Waals surface area contributed by atoms with Crippen molar-refractivity contribution in [1.29, 1.82) is 0 Å². The fraction of sp³-hybridized carbons (Fsp3) is 0.200. The van der Waals surface area contributed by atoms with Crippen LogP contribution in [0.5, 0.6) is 0 Å². The summed E-state index contributed by atoms with van der Waals surface area (Å²) in [7, 11) is 0. The second-order valence-corrected chi connectivity index (χ2v) is 3.84. The zero-order valence-corrected chi connectivity index (χ0v) is 8.87. The van der Waals surface area contributed by atoms with Crippen molar-refractivity contribution in [2.75, 3.05) is 18.5 Å². The molecule has 0 atom stereocenters. The van der Waals surface area contributed by atoms with Crippen molar-refractivity contribution in [3.05, 3.63) is 29.8 Å². The highest BCUT2D eigenvalue weighted by Crippen LogP contribution is 2.21. The molecule has 0 amide bonds. The summed E-state index contributed by atoms with van der Waals surface area (Å²) in [6.07, 6.45) is 1.71. The SMILES string of the molecule is OCCNc1ccnc(-c2cccs2)n1. The van der Waals surface area contributed by atoms with E-state index in [1.165, 1.54) is 0 Å². The Kier molecular flexibility index (Phi) is 3.26. The average molecular weight is 221 g/mol. The van der Waals surface area contributed by atoms with Gasteiger partial charge in [0.05, 0.1) is 11.5 Å². The molecule has 0 aliphatic heterocycles. The van der Waals surface area contributed by atoms with Crippen LogP contribution in [0, 0.1) is 0 Å². The summed E-state index contributed by atoms with van der Waals surface area (Å²) < 4.78 is 0. The summed E-state index contributed by atoms with van der Waals surface area (Å²) in [6, 6.07) is 5.74. The van der Waals surface area contributed by atoms with E-state index >= 15 is 0 Å². The maximum Gasteiger partial charge on any atom is 0.171 e. The maximum atomic E-state index is 8.68. The minimum atomic E-state index is 0.0956. The zero-order chi connectivity index (χ0) is 10.5. The van der Waals surface area contributed by atoms with Gasteiger partial charge in [-0.1, -0.05) is 6.07 Å². The Morgan fingerprint density at radius 2 is 2.33 bits per heavy atom. The van der Waals surface area contributed by atoms with Gasteiger partial charge in [-0.15, -0.1) is 11.3 Å². The Morgan fingerprint density at radius 3 is 3.07 bits per heavy atom. The van der Waals surface area contributed by atoms with Crippen LogP contribution in [-0.4, -0.2) is 28.2 Å². The fourth-order valence-electron chi connectivity index (χ4n) is 1.17. The first-order chi connectivity index (χ1) is 7.40. The Morgan fingerprint density at radius 1 is 1.40 bits per heavy atom. The van der Waals surface area contributed by atoms with Crippen molar-refractivity contribution in [1.82, 2.24) is 9.97 Å². The van der Waals surface area contributed by atoms with Gasteiger partial charge in [0, 0.05) is 12.7 Å². The molecule has 0 saturated heterocycles. The molecule has 0 aliphatic carbocycles. The second-order valence-electron chi connectivity index (χ2n) is 2.89. The molecule has 0 aromatic carbocycles. The third kappa shape index (κ3) is 2.51. The Labute approximate surface area is 91.6 Å². The van der Waals surface area contributed by atoms with Crippen LogP contribution < -0.4 is 5.32 Å². The van der Waals surface area contributed by atoms with Crippen LogP contribution in [0.4, 0.5) is 5.82 Å². The molecule has 0 aliphatic rings. The van der Waals surface area contributed by atoms with Crippen molar-refractivity contribution in [2.45, 2.75) is 0 Å². The predicted molar refractivity (Wildman–Crippen MR) is 60.9 cm³/mol. The van der Waals surface area contributed by atoms with Gasteiger partial charge in [0.25, 0.3) is 0 Å². The molecule has 2 aromatic rings. The van der Waals surface area contributed by atoms with Crippen LogP contribution in [0.25, 0.3) is 10.7 Å². The lowest BCUT2D eigenvalue weighted by atomic mass is 10.4. The minimum Gasteiger partial charge on any atom is -0.395 e. The Bertz CT molecular complexity index is 416. The molecule has 2 N–H and O–H groups in total. The van der Waals surface area contributed by atoms with Crippen LogP contribution in [0.3, 0.4) is 0 Å². The van der Waals surface area contributed by atoms with E-state index in [0.29, 0.717) is 12.4 Å². The van der Waals surface area contributed by atoms with Gasteiger partial charge < -0.3 is 10.4 Å². The van der Waals surface area contributed by atoms with Crippen LogP contribution >= 0.6 is 11.3 Å². The summed E-state index contributed by atoms with van der Waals surface area (Å²) in [5.74, 6) is 1.45. The molecule has 2 aromatic heterocycles. The molecule has 15 heavy (non-hydrogen) atoms. The molecular weight excluding hydrogens is 210 g/mol. The monoisotopic (exact) mass is 221 g/mol. The molecule has 2 heterocycles. The number of nitrogens with zero attached hydrogens (tertiary/aromatic N) is 2. The molecule has 0 bridgehead atoms. The van der Waals surface area contributed by atoms with Crippen LogP contribution in [0.15, 0.2) is 29.8 Å². The first-order valence-electron chi connectivity index (χ1n) is 4.62. The van der Waals surface area contributed by atoms with Crippen molar-refractivity contribution >= 4 is 17.2 Å². The third-order valence-electron chi connectivity index (χ3n) is 1.82. The number of hydrogen-bond donors (Lipinski definition) is 2. The van der Waals surface area contributed by atoms with E-state index in [1.54, 1.807) is 23.6 Å². The summed E-state index contributed by atoms with van der Waals surface area (Å²) in [6.45, 7) is 0.596. The normalized spacial score (nSPS) is 10.2. The quantitative estimate of drug-likeness (QED) is 0.823.